The second kappa shape index (κ2) is 5.38. The number of hydrogen-bond acceptors (Lipinski definition) is 3. The van der Waals surface area contributed by atoms with Gasteiger partial charge in [-0.2, -0.15) is 5.10 Å². The van der Waals surface area contributed by atoms with E-state index in [1.807, 2.05) is 19.4 Å². The molecule has 17 heavy (non-hydrogen) atoms. The Morgan fingerprint density at radius 2 is 2.18 bits per heavy atom. The smallest absolute Gasteiger partial charge is 0.144 e. The molecule has 0 atom stereocenters. The third kappa shape index (κ3) is 3.35. The maximum atomic E-state index is 5.99. The molecule has 0 amide bonds. The number of anilines is 1. The summed E-state index contributed by atoms with van der Waals surface area (Å²) in [6, 6.07) is 1.67. The van der Waals surface area contributed by atoms with Crippen molar-refractivity contribution in [3.8, 4) is 0 Å². The third-order valence-corrected chi connectivity index (χ3v) is 2.77. The number of hydrogen-bond donors (Lipinski definition) is 1. The fourth-order valence-corrected chi connectivity index (χ4v) is 1.92. The molecule has 90 valence electrons. The Balaban J connectivity index is 1.90. The molecule has 0 bridgehead atoms. The molecule has 0 aliphatic rings. The zero-order valence-electron chi connectivity index (χ0n) is 9.32. The molecule has 4 nitrogen and oxygen atoms in total. The first-order chi connectivity index (χ1) is 8.15. The predicted octanol–water partition coefficient (Wildman–Crippen LogP) is 2.78. The Kier molecular flexibility index (Phi) is 3.86. The van der Waals surface area contributed by atoms with E-state index in [0.717, 1.165) is 13.0 Å². The number of nitrogens with zero attached hydrogens (tertiary/aromatic N) is 3. The summed E-state index contributed by atoms with van der Waals surface area (Å²) >= 11 is 11.8. The lowest BCUT2D eigenvalue weighted by Gasteiger charge is -2.06. The Morgan fingerprint density at radius 3 is 2.82 bits per heavy atom. The summed E-state index contributed by atoms with van der Waals surface area (Å²) in [5, 5.41) is 8.33. The van der Waals surface area contributed by atoms with E-state index >= 15 is 0 Å². The van der Waals surface area contributed by atoms with Gasteiger partial charge in [0.25, 0.3) is 0 Å². The maximum Gasteiger partial charge on any atom is 0.144 e. The Labute approximate surface area is 110 Å². The van der Waals surface area contributed by atoms with Crippen LogP contribution >= 0.6 is 23.2 Å². The number of pyridine rings is 1. The number of rotatable bonds is 4. The molecule has 0 saturated heterocycles. The average Bonchev–Trinajstić information content (AvgIpc) is 2.68. The van der Waals surface area contributed by atoms with E-state index in [1.54, 1.807) is 16.9 Å². The van der Waals surface area contributed by atoms with Crippen molar-refractivity contribution < 1.29 is 0 Å². The van der Waals surface area contributed by atoms with Crippen LogP contribution in [-0.2, 0) is 13.5 Å². The monoisotopic (exact) mass is 270 g/mol. The van der Waals surface area contributed by atoms with Gasteiger partial charge in [-0.05, 0) is 18.1 Å². The van der Waals surface area contributed by atoms with E-state index in [2.05, 4.69) is 15.4 Å². The molecular weight excluding hydrogens is 259 g/mol. The second-order valence-corrected chi connectivity index (χ2v) is 4.53. The zero-order chi connectivity index (χ0) is 12.3. The van der Waals surface area contributed by atoms with E-state index in [4.69, 9.17) is 23.2 Å². The molecule has 2 aromatic rings. The molecule has 2 heterocycles. The first kappa shape index (κ1) is 12.2. The molecule has 0 unspecified atom stereocenters. The average molecular weight is 271 g/mol. The highest BCUT2D eigenvalue weighted by molar-refractivity contribution is 6.35. The van der Waals surface area contributed by atoms with Crippen molar-refractivity contribution in [3.63, 3.8) is 0 Å². The molecule has 2 rings (SSSR count). The topological polar surface area (TPSA) is 42.7 Å². The molecule has 1 N–H and O–H groups in total. The highest BCUT2D eigenvalue weighted by atomic mass is 35.5. The molecule has 2 aromatic heterocycles. The highest BCUT2D eigenvalue weighted by Crippen LogP contribution is 2.22. The van der Waals surface area contributed by atoms with Crippen molar-refractivity contribution in [2.24, 2.45) is 7.05 Å². The SMILES string of the molecule is Cn1cc(CCNc2ncc(Cl)cc2Cl)cn1. The zero-order valence-corrected chi connectivity index (χ0v) is 10.8. The van der Waals surface area contributed by atoms with Gasteiger partial charge in [0.05, 0.1) is 16.2 Å². The third-order valence-electron chi connectivity index (χ3n) is 2.27. The fraction of sp³-hybridized carbons (Fsp3) is 0.273. The van der Waals surface area contributed by atoms with Gasteiger partial charge >= 0.3 is 0 Å². The number of nitrogens with one attached hydrogen (secondary N) is 1. The molecule has 0 spiro atoms. The van der Waals surface area contributed by atoms with Crippen molar-refractivity contribution >= 4 is 29.0 Å². The van der Waals surface area contributed by atoms with Gasteiger partial charge in [0.2, 0.25) is 0 Å². The number of halogens is 2. The van der Waals surface area contributed by atoms with Gasteiger partial charge in [-0.25, -0.2) is 4.98 Å². The van der Waals surface area contributed by atoms with Gasteiger partial charge < -0.3 is 5.32 Å². The molecule has 0 fully saturated rings. The van der Waals surface area contributed by atoms with E-state index in [1.165, 1.54) is 5.56 Å². The lowest BCUT2D eigenvalue weighted by molar-refractivity contribution is 0.767. The molecule has 0 aliphatic heterocycles. The minimum Gasteiger partial charge on any atom is -0.369 e. The summed E-state index contributed by atoms with van der Waals surface area (Å²) in [7, 11) is 1.90. The van der Waals surface area contributed by atoms with Crippen LogP contribution in [0.25, 0.3) is 0 Å². The van der Waals surface area contributed by atoms with Crippen LogP contribution in [0, 0.1) is 0 Å². The van der Waals surface area contributed by atoms with Crippen molar-refractivity contribution in [1.29, 1.82) is 0 Å². The molecule has 0 radical (unpaired) electrons. The molecule has 0 saturated carbocycles. The summed E-state index contributed by atoms with van der Waals surface area (Å²) in [6.07, 6.45) is 6.27. The van der Waals surface area contributed by atoms with E-state index < -0.39 is 0 Å². The van der Waals surface area contributed by atoms with Gasteiger partial charge in [-0.15, -0.1) is 0 Å². The van der Waals surface area contributed by atoms with E-state index in [9.17, 15) is 0 Å². The van der Waals surface area contributed by atoms with E-state index in [0.29, 0.717) is 15.9 Å². The number of aryl methyl sites for hydroxylation is 1. The quantitative estimate of drug-likeness (QED) is 0.929. The van der Waals surface area contributed by atoms with Crippen molar-refractivity contribution in [3.05, 3.63) is 40.3 Å². The van der Waals surface area contributed by atoms with Crippen LogP contribution in [0.5, 0.6) is 0 Å². The minimum absolute atomic E-state index is 0.531. The lowest BCUT2D eigenvalue weighted by atomic mass is 10.2. The van der Waals surface area contributed by atoms with E-state index in [-0.39, 0.29) is 0 Å². The number of aromatic nitrogens is 3. The van der Waals surface area contributed by atoms with Crippen LogP contribution in [0.15, 0.2) is 24.7 Å². The van der Waals surface area contributed by atoms with Gasteiger partial charge in [-0.1, -0.05) is 23.2 Å². The van der Waals surface area contributed by atoms with Crippen molar-refractivity contribution in [2.75, 3.05) is 11.9 Å². The minimum atomic E-state index is 0.531. The van der Waals surface area contributed by atoms with Crippen LogP contribution in [0.3, 0.4) is 0 Å². The standard InChI is InChI=1S/C11H12Cl2N4/c1-17-7-8(5-16-17)2-3-14-11-10(13)4-9(12)6-15-11/h4-7H,2-3H2,1H3,(H,14,15). The van der Waals surface area contributed by atoms with Gasteiger partial charge in [0, 0.05) is 26.0 Å². The van der Waals surface area contributed by atoms with Crippen LogP contribution < -0.4 is 5.32 Å². The Morgan fingerprint density at radius 1 is 1.35 bits per heavy atom. The fourth-order valence-electron chi connectivity index (χ4n) is 1.47. The molecular formula is C11H12Cl2N4. The van der Waals surface area contributed by atoms with Crippen LogP contribution in [0.2, 0.25) is 10.0 Å². The normalized spacial score (nSPS) is 10.5. The van der Waals surface area contributed by atoms with Gasteiger partial charge in [0.15, 0.2) is 0 Å². The predicted molar refractivity (Wildman–Crippen MR) is 69.7 cm³/mol. The summed E-state index contributed by atoms with van der Waals surface area (Å²) in [5.74, 6) is 0.653. The van der Waals surface area contributed by atoms with Crippen LogP contribution in [-0.4, -0.2) is 21.3 Å². The first-order valence-corrected chi connectivity index (χ1v) is 5.93. The molecule has 0 aromatic carbocycles. The molecule has 6 heteroatoms. The lowest BCUT2D eigenvalue weighted by Crippen LogP contribution is -2.06. The highest BCUT2D eigenvalue weighted by Gasteiger charge is 2.02. The molecule has 0 aliphatic carbocycles. The largest absolute Gasteiger partial charge is 0.369 e. The summed E-state index contributed by atoms with van der Waals surface area (Å²) in [5.41, 5.74) is 1.17. The van der Waals surface area contributed by atoms with Crippen molar-refractivity contribution in [2.45, 2.75) is 6.42 Å². The summed E-state index contributed by atoms with van der Waals surface area (Å²) in [6.45, 7) is 0.750. The second-order valence-electron chi connectivity index (χ2n) is 3.68. The summed E-state index contributed by atoms with van der Waals surface area (Å²) in [4.78, 5) is 4.12. The van der Waals surface area contributed by atoms with Crippen molar-refractivity contribution in [1.82, 2.24) is 14.8 Å². The van der Waals surface area contributed by atoms with Gasteiger partial charge in [-0.3, -0.25) is 4.68 Å². The first-order valence-electron chi connectivity index (χ1n) is 5.17. The Bertz CT molecular complexity index is 510. The van der Waals surface area contributed by atoms with Gasteiger partial charge in [0.1, 0.15) is 5.82 Å². The summed E-state index contributed by atoms with van der Waals surface area (Å²) < 4.78 is 1.78. The van der Waals surface area contributed by atoms with Crippen LogP contribution in [0.4, 0.5) is 5.82 Å². The Hall–Kier alpha value is -1.26. The maximum absolute atomic E-state index is 5.99. The van der Waals surface area contributed by atoms with Crippen LogP contribution in [0.1, 0.15) is 5.56 Å².